The largest absolute Gasteiger partial charge is 0.356 e. The number of hydrogen-bond acceptors (Lipinski definition) is 1. The van der Waals surface area contributed by atoms with Gasteiger partial charge >= 0.3 is 0 Å². The van der Waals surface area contributed by atoms with E-state index in [1.165, 1.54) is 19.3 Å². The summed E-state index contributed by atoms with van der Waals surface area (Å²) >= 11 is 0. The predicted molar refractivity (Wildman–Crippen MR) is 38.5 cm³/mol. The minimum absolute atomic E-state index is 0.314. The van der Waals surface area contributed by atoms with Crippen molar-refractivity contribution in [1.82, 2.24) is 5.32 Å². The van der Waals surface area contributed by atoms with Crippen molar-refractivity contribution in [3.8, 4) is 0 Å². The number of carbonyl (C=O) groups is 1. The van der Waals surface area contributed by atoms with E-state index in [4.69, 9.17) is 0 Å². The fraction of sp³-hybridized carbons (Fsp3) is 0.875. The summed E-state index contributed by atoms with van der Waals surface area (Å²) in [6.07, 6.45) is 4.88. The van der Waals surface area contributed by atoms with Crippen molar-refractivity contribution >= 4 is 5.91 Å². The van der Waals surface area contributed by atoms with Crippen LogP contribution in [0.1, 0.15) is 25.7 Å². The summed E-state index contributed by atoms with van der Waals surface area (Å²) < 4.78 is 0. The highest BCUT2D eigenvalue weighted by Crippen LogP contribution is 2.38. The second kappa shape index (κ2) is 2.26. The number of hydrogen-bond donors (Lipinski definition) is 1. The van der Waals surface area contributed by atoms with Crippen LogP contribution in [0.2, 0.25) is 0 Å². The topological polar surface area (TPSA) is 29.1 Å². The zero-order chi connectivity index (χ0) is 6.97. The van der Waals surface area contributed by atoms with E-state index in [0.717, 1.165) is 18.9 Å². The molecule has 2 heteroatoms. The summed E-state index contributed by atoms with van der Waals surface area (Å²) in [5.74, 6) is 1.44. The molecule has 10 heavy (non-hydrogen) atoms. The Bertz CT molecular complexity index is 155. The van der Waals surface area contributed by atoms with E-state index >= 15 is 0 Å². The quantitative estimate of drug-likeness (QED) is 0.531. The summed E-state index contributed by atoms with van der Waals surface area (Å²) in [5.41, 5.74) is 0. The lowest BCUT2D eigenvalue weighted by Gasteiger charge is -2.32. The Morgan fingerprint density at radius 2 is 2.20 bits per heavy atom. The van der Waals surface area contributed by atoms with Gasteiger partial charge in [0.1, 0.15) is 0 Å². The molecule has 2 rings (SSSR count). The zero-order valence-corrected chi connectivity index (χ0v) is 6.10. The molecule has 0 bridgehead atoms. The van der Waals surface area contributed by atoms with Gasteiger partial charge in [0.15, 0.2) is 0 Å². The monoisotopic (exact) mass is 139 g/mol. The Morgan fingerprint density at radius 3 is 2.90 bits per heavy atom. The SMILES string of the molecule is O=C1NCCCC2CCC12. The lowest BCUT2D eigenvalue weighted by Crippen LogP contribution is -2.37. The highest BCUT2D eigenvalue weighted by atomic mass is 16.1. The molecule has 0 aromatic carbocycles. The molecule has 2 atom stereocenters. The zero-order valence-electron chi connectivity index (χ0n) is 6.10. The molecule has 0 spiro atoms. The Labute approximate surface area is 61.0 Å². The molecular weight excluding hydrogens is 126 g/mol. The maximum Gasteiger partial charge on any atom is 0.223 e. The standard InChI is InChI=1S/C8H13NO/c10-8-7-4-3-6(7)2-1-5-9-8/h6-7H,1-5H2,(H,9,10). The molecule has 1 amide bonds. The van der Waals surface area contributed by atoms with Crippen LogP contribution in [0, 0.1) is 11.8 Å². The Kier molecular flexibility index (Phi) is 1.40. The van der Waals surface area contributed by atoms with Gasteiger partial charge in [-0.1, -0.05) is 0 Å². The average molecular weight is 139 g/mol. The normalized spacial score (nSPS) is 39.0. The van der Waals surface area contributed by atoms with Crippen LogP contribution in [0.25, 0.3) is 0 Å². The average Bonchev–Trinajstić information content (AvgIpc) is 1.92. The smallest absolute Gasteiger partial charge is 0.223 e. The van der Waals surface area contributed by atoms with Crippen LogP contribution in [-0.4, -0.2) is 12.5 Å². The summed E-state index contributed by atoms with van der Waals surface area (Å²) in [6.45, 7) is 0.909. The molecule has 1 aliphatic heterocycles. The third kappa shape index (κ3) is 0.825. The van der Waals surface area contributed by atoms with Crippen LogP contribution in [0.5, 0.6) is 0 Å². The van der Waals surface area contributed by atoms with Gasteiger partial charge in [-0.3, -0.25) is 4.79 Å². The van der Waals surface area contributed by atoms with Gasteiger partial charge < -0.3 is 5.32 Å². The van der Waals surface area contributed by atoms with Gasteiger partial charge in [-0.15, -0.1) is 0 Å². The van der Waals surface area contributed by atoms with Crippen LogP contribution in [-0.2, 0) is 4.79 Å². The lowest BCUT2D eigenvalue weighted by atomic mass is 9.72. The van der Waals surface area contributed by atoms with Crippen molar-refractivity contribution < 1.29 is 4.79 Å². The first-order valence-electron chi connectivity index (χ1n) is 4.15. The van der Waals surface area contributed by atoms with Gasteiger partial charge in [-0.25, -0.2) is 0 Å². The van der Waals surface area contributed by atoms with E-state index in [9.17, 15) is 4.79 Å². The van der Waals surface area contributed by atoms with E-state index in [1.54, 1.807) is 0 Å². The summed E-state index contributed by atoms with van der Waals surface area (Å²) in [7, 11) is 0. The van der Waals surface area contributed by atoms with Gasteiger partial charge in [0, 0.05) is 12.5 Å². The number of rotatable bonds is 0. The van der Waals surface area contributed by atoms with Gasteiger partial charge in [-0.2, -0.15) is 0 Å². The van der Waals surface area contributed by atoms with Crippen molar-refractivity contribution in [2.75, 3.05) is 6.54 Å². The molecule has 1 saturated heterocycles. The van der Waals surface area contributed by atoms with E-state index in [-0.39, 0.29) is 0 Å². The van der Waals surface area contributed by atoms with Gasteiger partial charge in [0.05, 0.1) is 0 Å². The Balaban J connectivity index is 2.04. The lowest BCUT2D eigenvalue weighted by molar-refractivity contribution is -0.129. The first-order valence-corrected chi connectivity index (χ1v) is 4.15. The minimum atomic E-state index is 0.314. The van der Waals surface area contributed by atoms with Crippen LogP contribution >= 0.6 is 0 Å². The third-order valence-corrected chi connectivity index (χ3v) is 2.81. The number of carbonyl (C=O) groups excluding carboxylic acids is 1. The number of amides is 1. The molecule has 0 radical (unpaired) electrons. The molecule has 0 aromatic heterocycles. The highest BCUT2D eigenvalue weighted by molar-refractivity contribution is 5.80. The summed E-state index contributed by atoms with van der Waals surface area (Å²) in [4.78, 5) is 11.2. The van der Waals surface area contributed by atoms with E-state index < -0.39 is 0 Å². The van der Waals surface area contributed by atoms with Crippen molar-refractivity contribution in [2.24, 2.45) is 11.8 Å². The van der Waals surface area contributed by atoms with Gasteiger partial charge in [-0.05, 0) is 31.6 Å². The van der Waals surface area contributed by atoms with Crippen LogP contribution in [0.4, 0.5) is 0 Å². The van der Waals surface area contributed by atoms with Crippen molar-refractivity contribution in [2.45, 2.75) is 25.7 Å². The van der Waals surface area contributed by atoms with Gasteiger partial charge in [0.2, 0.25) is 5.91 Å². The molecule has 1 aliphatic carbocycles. The van der Waals surface area contributed by atoms with Crippen LogP contribution in [0.3, 0.4) is 0 Å². The fourth-order valence-electron chi connectivity index (χ4n) is 1.97. The number of nitrogens with one attached hydrogen (secondary N) is 1. The first kappa shape index (κ1) is 6.20. The molecule has 2 unspecified atom stereocenters. The molecule has 0 aromatic rings. The molecule has 2 fully saturated rings. The molecule has 1 saturated carbocycles. The molecule has 56 valence electrons. The van der Waals surface area contributed by atoms with Crippen molar-refractivity contribution in [3.05, 3.63) is 0 Å². The van der Waals surface area contributed by atoms with E-state index in [1.807, 2.05) is 0 Å². The summed E-state index contributed by atoms with van der Waals surface area (Å²) in [5, 5.41) is 2.94. The summed E-state index contributed by atoms with van der Waals surface area (Å²) in [6, 6.07) is 0. The third-order valence-electron chi connectivity index (χ3n) is 2.81. The van der Waals surface area contributed by atoms with E-state index in [2.05, 4.69) is 5.32 Å². The van der Waals surface area contributed by atoms with Crippen LogP contribution in [0.15, 0.2) is 0 Å². The predicted octanol–water partition coefficient (Wildman–Crippen LogP) is 0.923. The number of fused-ring (bicyclic) bond motifs is 1. The molecular formula is C8H13NO. The minimum Gasteiger partial charge on any atom is -0.356 e. The van der Waals surface area contributed by atoms with Crippen LogP contribution < -0.4 is 5.32 Å². The van der Waals surface area contributed by atoms with Crippen molar-refractivity contribution in [3.63, 3.8) is 0 Å². The Morgan fingerprint density at radius 1 is 1.30 bits per heavy atom. The maximum absolute atomic E-state index is 11.2. The van der Waals surface area contributed by atoms with Gasteiger partial charge in [0.25, 0.3) is 0 Å². The highest BCUT2D eigenvalue weighted by Gasteiger charge is 2.37. The Hall–Kier alpha value is -0.530. The molecule has 2 aliphatic rings. The second-order valence-corrected chi connectivity index (χ2v) is 3.38. The molecule has 1 heterocycles. The first-order chi connectivity index (χ1) is 4.88. The maximum atomic E-state index is 11.2. The van der Waals surface area contributed by atoms with Crippen molar-refractivity contribution in [1.29, 1.82) is 0 Å². The molecule has 2 nitrogen and oxygen atoms in total. The van der Waals surface area contributed by atoms with E-state index in [0.29, 0.717) is 11.8 Å². The second-order valence-electron chi connectivity index (χ2n) is 3.38. The molecule has 1 N–H and O–H groups in total. The fourth-order valence-corrected chi connectivity index (χ4v) is 1.97.